The number of hydrogen-bond acceptors (Lipinski definition) is 7. The lowest BCUT2D eigenvalue weighted by atomic mass is 10.1. The van der Waals surface area contributed by atoms with E-state index in [9.17, 15) is 5.11 Å². The average molecular weight is 317 g/mol. The van der Waals surface area contributed by atoms with Crippen molar-refractivity contribution in [2.24, 2.45) is 0 Å². The molecular weight excluding hydrogens is 296 g/mol. The molecular formula is C13H21ClN4O3. The van der Waals surface area contributed by atoms with Crippen LogP contribution in [0.2, 0.25) is 5.28 Å². The van der Waals surface area contributed by atoms with Crippen LogP contribution in [0.4, 0.5) is 5.95 Å². The molecule has 0 amide bonds. The summed E-state index contributed by atoms with van der Waals surface area (Å²) in [5.41, 5.74) is -0.413. The number of morpholine rings is 1. The van der Waals surface area contributed by atoms with Gasteiger partial charge in [0.05, 0.1) is 24.4 Å². The second-order valence-corrected chi connectivity index (χ2v) is 6.25. The lowest BCUT2D eigenvalue weighted by Gasteiger charge is -2.42. The van der Waals surface area contributed by atoms with Crippen molar-refractivity contribution in [3.05, 3.63) is 5.28 Å². The predicted octanol–water partition coefficient (Wildman–Crippen LogP) is 1.29. The number of aromatic nitrogens is 3. The molecule has 0 bridgehead atoms. The Bertz CT molecular complexity index is 498. The summed E-state index contributed by atoms with van der Waals surface area (Å²) in [6.07, 6.45) is -0.346. The van der Waals surface area contributed by atoms with Gasteiger partial charge in [-0.3, -0.25) is 0 Å². The molecule has 0 aromatic carbocycles. The van der Waals surface area contributed by atoms with Gasteiger partial charge in [-0.25, -0.2) is 0 Å². The van der Waals surface area contributed by atoms with Gasteiger partial charge in [-0.2, -0.15) is 15.0 Å². The minimum Gasteiger partial charge on any atom is -0.461 e. The summed E-state index contributed by atoms with van der Waals surface area (Å²) < 4.78 is 11.3. The minimum absolute atomic E-state index is 0.0531. The molecule has 118 valence electrons. The van der Waals surface area contributed by atoms with Crippen LogP contribution < -0.4 is 9.64 Å². The molecule has 0 spiro atoms. The normalized spacial score (nSPS) is 21.7. The number of anilines is 1. The Labute approximate surface area is 129 Å². The molecule has 1 aliphatic heterocycles. The van der Waals surface area contributed by atoms with Gasteiger partial charge in [0.2, 0.25) is 11.2 Å². The second-order valence-electron chi connectivity index (χ2n) is 5.92. The van der Waals surface area contributed by atoms with Gasteiger partial charge in [-0.15, -0.1) is 0 Å². The lowest BCUT2D eigenvalue weighted by molar-refractivity contribution is -0.101. The Kier molecular flexibility index (Phi) is 4.85. The maximum Gasteiger partial charge on any atom is 0.322 e. The fraction of sp³-hybridized carbons (Fsp3) is 0.769. The van der Waals surface area contributed by atoms with Crippen LogP contribution in [-0.2, 0) is 4.74 Å². The van der Waals surface area contributed by atoms with Gasteiger partial charge in [0.1, 0.15) is 0 Å². The van der Waals surface area contributed by atoms with E-state index in [2.05, 4.69) is 15.0 Å². The Morgan fingerprint density at radius 1 is 1.43 bits per heavy atom. The van der Waals surface area contributed by atoms with Crippen molar-refractivity contribution in [2.75, 3.05) is 24.6 Å². The summed E-state index contributed by atoms with van der Waals surface area (Å²) in [6, 6.07) is 0.199. The SMILES string of the molecule is CC(C)Oc1nc(Cl)nc(N2CC(CO)OC(C)(C)C2)n1. The van der Waals surface area contributed by atoms with Crippen molar-refractivity contribution in [1.29, 1.82) is 0 Å². The smallest absolute Gasteiger partial charge is 0.322 e. The Morgan fingerprint density at radius 3 is 2.76 bits per heavy atom. The van der Waals surface area contributed by atoms with Crippen molar-refractivity contribution in [1.82, 2.24) is 15.0 Å². The average Bonchev–Trinajstić information content (AvgIpc) is 2.35. The number of halogens is 1. The van der Waals surface area contributed by atoms with Gasteiger partial charge in [0.25, 0.3) is 0 Å². The summed E-state index contributed by atoms with van der Waals surface area (Å²) in [7, 11) is 0. The standard InChI is InChI=1S/C13H21ClN4O3/c1-8(2)20-12-16-10(14)15-11(17-12)18-5-9(6-19)21-13(3,4)7-18/h8-9,19H,5-7H2,1-4H3. The van der Waals surface area contributed by atoms with E-state index in [0.717, 1.165) is 0 Å². The third-order valence-electron chi connectivity index (χ3n) is 2.88. The monoisotopic (exact) mass is 316 g/mol. The minimum atomic E-state index is -0.413. The van der Waals surface area contributed by atoms with E-state index < -0.39 is 5.60 Å². The maximum atomic E-state index is 9.36. The largest absolute Gasteiger partial charge is 0.461 e. The van der Waals surface area contributed by atoms with Gasteiger partial charge < -0.3 is 19.5 Å². The van der Waals surface area contributed by atoms with Crippen molar-refractivity contribution in [3.8, 4) is 6.01 Å². The number of aliphatic hydroxyl groups excluding tert-OH is 1. The van der Waals surface area contributed by atoms with E-state index in [0.29, 0.717) is 19.0 Å². The summed E-state index contributed by atoms with van der Waals surface area (Å²) >= 11 is 5.94. The molecule has 1 fully saturated rings. The molecule has 2 heterocycles. The van der Waals surface area contributed by atoms with E-state index in [1.807, 2.05) is 32.6 Å². The number of hydrogen-bond donors (Lipinski definition) is 1. The van der Waals surface area contributed by atoms with Crippen molar-refractivity contribution in [3.63, 3.8) is 0 Å². The molecule has 0 aliphatic carbocycles. The summed E-state index contributed by atoms with van der Waals surface area (Å²) in [6.45, 7) is 8.70. The highest BCUT2D eigenvalue weighted by Gasteiger charge is 2.34. The molecule has 1 aliphatic rings. The molecule has 1 aromatic heterocycles. The van der Waals surface area contributed by atoms with Crippen molar-refractivity contribution >= 4 is 17.5 Å². The molecule has 1 saturated heterocycles. The predicted molar refractivity (Wildman–Crippen MR) is 78.9 cm³/mol. The van der Waals surface area contributed by atoms with Gasteiger partial charge in [-0.05, 0) is 39.3 Å². The molecule has 21 heavy (non-hydrogen) atoms. The molecule has 8 heteroatoms. The molecule has 1 aromatic rings. The number of nitrogens with zero attached hydrogens (tertiary/aromatic N) is 4. The fourth-order valence-corrected chi connectivity index (χ4v) is 2.42. The van der Waals surface area contributed by atoms with Crippen LogP contribution in [0.25, 0.3) is 0 Å². The van der Waals surface area contributed by atoms with Gasteiger partial charge >= 0.3 is 6.01 Å². The first-order chi connectivity index (χ1) is 9.79. The van der Waals surface area contributed by atoms with Crippen LogP contribution in [0.1, 0.15) is 27.7 Å². The quantitative estimate of drug-likeness (QED) is 0.896. The lowest BCUT2D eigenvalue weighted by Crippen LogP contribution is -2.54. The molecule has 0 radical (unpaired) electrons. The zero-order valence-electron chi connectivity index (χ0n) is 12.7. The van der Waals surface area contributed by atoms with Crippen LogP contribution in [0, 0.1) is 0 Å². The van der Waals surface area contributed by atoms with Crippen LogP contribution in [0.3, 0.4) is 0 Å². The van der Waals surface area contributed by atoms with Crippen LogP contribution in [0.5, 0.6) is 6.01 Å². The number of ether oxygens (including phenoxy) is 2. The molecule has 1 N–H and O–H groups in total. The maximum absolute atomic E-state index is 9.36. The molecule has 1 unspecified atom stereocenters. The first kappa shape index (κ1) is 16.2. The third kappa shape index (κ3) is 4.39. The van der Waals surface area contributed by atoms with Crippen LogP contribution in [-0.4, -0.2) is 57.6 Å². The van der Waals surface area contributed by atoms with Crippen LogP contribution in [0.15, 0.2) is 0 Å². The Hall–Kier alpha value is -1.18. The van der Waals surface area contributed by atoms with E-state index >= 15 is 0 Å². The van der Waals surface area contributed by atoms with E-state index in [1.54, 1.807) is 0 Å². The van der Waals surface area contributed by atoms with Gasteiger partial charge in [0.15, 0.2) is 0 Å². The molecule has 7 nitrogen and oxygen atoms in total. The Balaban J connectivity index is 2.25. The highest BCUT2D eigenvalue weighted by molar-refractivity contribution is 6.28. The highest BCUT2D eigenvalue weighted by atomic mass is 35.5. The molecule has 2 rings (SSSR count). The van der Waals surface area contributed by atoms with Crippen LogP contribution >= 0.6 is 11.6 Å². The number of rotatable bonds is 4. The van der Waals surface area contributed by atoms with Crippen molar-refractivity contribution < 1.29 is 14.6 Å². The number of aliphatic hydroxyl groups is 1. The first-order valence-electron chi connectivity index (χ1n) is 6.91. The first-order valence-corrected chi connectivity index (χ1v) is 7.29. The molecule has 1 atom stereocenters. The highest BCUT2D eigenvalue weighted by Crippen LogP contribution is 2.25. The zero-order valence-corrected chi connectivity index (χ0v) is 13.5. The van der Waals surface area contributed by atoms with E-state index in [1.165, 1.54) is 0 Å². The second kappa shape index (κ2) is 6.29. The van der Waals surface area contributed by atoms with Crippen molar-refractivity contribution in [2.45, 2.75) is 45.5 Å². The summed E-state index contributed by atoms with van der Waals surface area (Å²) in [5.74, 6) is 0.431. The topological polar surface area (TPSA) is 80.6 Å². The summed E-state index contributed by atoms with van der Waals surface area (Å²) in [5, 5.41) is 9.44. The van der Waals surface area contributed by atoms with E-state index in [4.69, 9.17) is 21.1 Å². The molecule has 0 saturated carbocycles. The third-order valence-corrected chi connectivity index (χ3v) is 3.05. The zero-order chi connectivity index (χ0) is 15.6. The van der Waals surface area contributed by atoms with E-state index in [-0.39, 0.29) is 30.1 Å². The van der Waals surface area contributed by atoms with Gasteiger partial charge in [-0.1, -0.05) is 0 Å². The fourth-order valence-electron chi connectivity index (χ4n) is 2.27. The summed E-state index contributed by atoms with van der Waals surface area (Å²) in [4.78, 5) is 14.3. The Morgan fingerprint density at radius 2 is 2.14 bits per heavy atom. The van der Waals surface area contributed by atoms with Gasteiger partial charge in [0, 0.05) is 13.1 Å².